The Morgan fingerprint density at radius 3 is 2.42 bits per heavy atom. The highest BCUT2D eigenvalue weighted by Gasteiger charge is 2.34. The molecular weight excluding hydrogens is 320 g/mol. The lowest BCUT2D eigenvalue weighted by molar-refractivity contribution is 0.253. The molecule has 0 atom stereocenters. The van der Waals surface area contributed by atoms with Crippen molar-refractivity contribution in [2.45, 2.75) is 24.8 Å². The number of nitrogens with zero attached hydrogens (tertiary/aromatic N) is 3. The molecule has 4 aromatic rings. The largest absolute Gasteiger partial charge is 0.321 e. The molecule has 128 valence electrons. The Balaban J connectivity index is 1.68. The molecule has 1 fully saturated rings. The molecule has 0 amide bonds. The van der Waals surface area contributed by atoms with Gasteiger partial charge in [-0.1, -0.05) is 42.5 Å². The van der Waals surface area contributed by atoms with Gasteiger partial charge in [0.15, 0.2) is 0 Å². The van der Waals surface area contributed by atoms with Gasteiger partial charge in [-0.15, -0.1) is 0 Å². The van der Waals surface area contributed by atoms with Gasteiger partial charge >= 0.3 is 0 Å². The molecule has 4 heteroatoms. The highest BCUT2D eigenvalue weighted by Crippen LogP contribution is 2.39. The van der Waals surface area contributed by atoms with Crippen LogP contribution in [0.3, 0.4) is 0 Å². The van der Waals surface area contributed by atoms with E-state index in [1.807, 2.05) is 12.3 Å². The third-order valence-corrected chi connectivity index (χ3v) is 5.48. The number of hydrogen-bond acceptors (Lipinski definition) is 3. The Labute approximate surface area is 152 Å². The number of nitrogens with two attached hydrogens (primary N) is 1. The maximum atomic E-state index is 6.48. The van der Waals surface area contributed by atoms with Crippen LogP contribution >= 0.6 is 0 Å². The maximum absolute atomic E-state index is 6.48. The van der Waals surface area contributed by atoms with Crippen LogP contribution in [0, 0.1) is 0 Å². The Morgan fingerprint density at radius 1 is 0.962 bits per heavy atom. The van der Waals surface area contributed by atoms with Crippen molar-refractivity contribution in [1.29, 1.82) is 0 Å². The SMILES string of the molecule is NC1(c2ccc(-n3c(-c4ccccc4)cc4cncnc43)cc2)CCC1. The quantitative estimate of drug-likeness (QED) is 0.600. The number of benzene rings is 2. The van der Waals surface area contributed by atoms with Crippen molar-refractivity contribution in [1.82, 2.24) is 14.5 Å². The summed E-state index contributed by atoms with van der Waals surface area (Å²) in [7, 11) is 0. The molecule has 2 aromatic heterocycles. The zero-order valence-corrected chi connectivity index (χ0v) is 14.5. The van der Waals surface area contributed by atoms with Gasteiger partial charge in [0, 0.05) is 22.8 Å². The summed E-state index contributed by atoms with van der Waals surface area (Å²) in [5.41, 5.74) is 11.8. The highest BCUT2D eigenvalue weighted by molar-refractivity contribution is 5.85. The standard InChI is InChI=1S/C22H20N4/c23-22(11-4-12-22)18-7-9-19(10-8-18)26-20(16-5-2-1-3-6-16)13-17-14-24-15-25-21(17)26/h1-3,5-10,13-15H,4,11-12,23H2. The number of aromatic nitrogens is 3. The maximum Gasteiger partial charge on any atom is 0.148 e. The summed E-state index contributed by atoms with van der Waals surface area (Å²) < 4.78 is 2.19. The summed E-state index contributed by atoms with van der Waals surface area (Å²) in [4.78, 5) is 8.71. The molecule has 0 spiro atoms. The summed E-state index contributed by atoms with van der Waals surface area (Å²) in [5.74, 6) is 0. The minimum Gasteiger partial charge on any atom is -0.321 e. The van der Waals surface area contributed by atoms with Crippen molar-refractivity contribution in [3.8, 4) is 16.9 Å². The second-order valence-electron chi connectivity index (χ2n) is 7.09. The molecule has 0 aliphatic heterocycles. The normalized spacial score (nSPS) is 15.7. The van der Waals surface area contributed by atoms with Crippen LogP contribution in [0.5, 0.6) is 0 Å². The molecule has 1 saturated carbocycles. The highest BCUT2D eigenvalue weighted by atomic mass is 15.1. The molecular formula is C22H20N4. The van der Waals surface area contributed by atoms with Gasteiger partial charge in [-0.05, 0) is 48.6 Å². The molecule has 5 rings (SSSR count). The lowest BCUT2D eigenvalue weighted by Gasteiger charge is -2.38. The first-order valence-corrected chi connectivity index (χ1v) is 9.01. The zero-order chi connectivity index (χ0) is 17.6. The van der Waals surface area contributed by atoms with Crippen LogP contribution in [0.2, 0.25) is 0 Å². The third-order valence-electron chi connectivity index (χ3n) is 5.48. The van der Waals surface area contributed by atoms with Crippen LogP contribution < -0.4 is 5.73 Å². The predicted octanol–water partition coefficient (Wildman–Crippen LogP) is 4.43. The first kappa shape index (κ1) is 15.3. The molecule has 2 aromatic carbocycles. The van der Waals surface area contributed by atoms with E-state index in [4.69, 9.17) is 5.73 Å². The summed E-state index contributed by atoms with van der Waals surface area (Å²) in [5, 5.41) is 1.03. The molecule has 0 saturated heterocycles. The molecule has 2 N–H and O–H groups in total. The van der Waals surface area contributed by atoms with E-state index in [9.17, 15) is 0 Å². The van der Waals surface area contributed by atoms with Gasteiger partial charge in [0.25, 0.3) is 0 Å². The van der Waals surface area contributed by atoms with E-state index in [1.54, 1.807) is 6.33 Å². The van der Waals surface area contributed by atoms with E-state index in [2.05, 4.69) is 69.1 Å². The van der Waals surface area contributed by atoms with E-state index in [0.717, 1.165) is 40.8 Å². The summed E-state index contributed by atoms with van der Waals surface area (Å²) >= 11 is 0. The monoisotopic (exact) mass is 340 g/mol. The average molecular weight is 340 g/mol. The van der Waals surface area contributed by atoms with Crippen molar-refractivity contribution < 1.29 is 0 Å². The molecule has 2 heterocycles. The lowest BCUT2D eigenvalue weighted by Crippen LogP contribution is -2.43. The topological polar surface area (TPSA) is 56.7 Å². The summed E-state index contributed by atoms with van der Waals surface area (Å²) in [6, 6.07) is 21.2. The van der Waals surface area contributed by atoms with Gasteiger partial charge in [-0.2, -0.15) is 0 Å². The van der Waals surface area contributed by atoms with Crippen molar-refractivity contribution in [3.63, 3.8) is 0 Å². The van der Waals surface area contributed by atoms with Crippen LogP contribution in [-0.4, -0.2) is 14.5 Å². The molecule has 1 aliphatic rings. The second kappa shape index (κ2) is 5.78. The minimum absolute atomic E-state index is 0.137. The molecule has 0 radical (unpaired) electrons. The fourth-order valence-corrected chi connectivity index (χ4v) is 3.82. The van der Waals surface area contributed by atoms with Crippen LogP contribution in [0.25, 0.3) is 28.0 Å². The van der Waals surface area contributed by atoms with Crippen molar-refractivity contribution in [2.75, 3.05) is 0 Å². The number of rotatable bonds is 3. The number of fused-ring (bicyclic) bond motifs is 1. The average Bonchev–Trinajstić information content (AvgIpc) is 3.06. The van der Waals surface area contributed by atoms with E-state index in [0.29, 0.717) is 0 Å². The van der Waals surface area contributed by atoms with Gasteiger partial charge in [0.05, 0.1) is 5.69 Å². The molecule has 0 bridgehead atoms. The summed E-state index contributed by atoms with van der Waals surface area (Å²) in [6.07, 6.45) is 6.83. The van der Waals surface area contributed by atoms with E-state index in [-0.39, 0.29) is 5.54 Å². The Morgan fingerprint density at radius 2 is 1.73 bits per heavy atom. The third kappa shape index (κ3) is 2.34. The molecule has 0 unspecified atom stereocenters. The van der Waals surface area contributed by atoms with Crippen LogP contribution in [0.4, 0.5) is 0 Å². The Hall–Kier alpha value is -2.98. The van der Waals surface area contributed by atoms with E-state index in [1.165, 1.54) is 12.0 Å². The fraction of sp³-hybridized carbons (Fsp3) is 0.182. The summed E-state index contributed by atoms with van der Waals surface area (Å²) in [6.45, 7) is 0. The van der Waals surface area contributed by atoms with Gasteiger partial charge in [0.1, 0.15) is 12.0 Å². The minimum atomic E-state index is -0.137. The van der Waals surface area contributed by atoms with Gasteiger partial charge < -0.3 is 5.73 Å². The van der Waals surface area contributed by atoms with Crippen molar-refractivity contribution in [2.24, 2.45) is 5.73 Å². The zero-order valence-electron chi connectivity index (χ0n) is 14.5. The molecule has 4 nitrogen and oxygen atoms in total. The van der Waals surface area contributed by atoms with Crippen molar-refractivity contribution in [3.05, 3.63) is 78.8 Å². The van der Waals surface area contributed by atoms with Crippen molar-refractivity contribution >= 4 is 11.0 Å². The Bertz CT molecular complexity index is 1060. The number of hydrogen-bond donors (Lipinski definition) is 1. The van der Waals surface area contributed by atoms with E-state index >= 15 is 0 Å². The van der Waals surface area contributed by atoms with Crippen LogP contribution in [0.1, 0.15) is 24.8 Å². The smallest absolute Gasteiger partial charge is 0.148 e. The lowest BCUT2D eigenvalue weighted by atomic mass is 9.73. The van der Waals surface area contributed by atoms with Gasteiger partial charge in [-0.25, -0.2) is 9.97 Å². The van der Waals surface area contributed by atoms with Crippen LogP contribution in [0.15, 0.2) is 73.2 Å². The fourth-order valence-electron chi connectivity index (χ4n) is 3.82. The van der Waals surface area contributed by atoms with E-state index < -0.39 is 0 Å². The molecule has 26 heavy (non-hydrogen) atoms. The first-order valence-electron chi connectivity index (χ1n) is 9.01. The van der Waals surface area contributed by atoms with Gasteiger partial charge in [-0.3, -0.25) is 4.57 Å². The van der Waals surface area contributed by atoms with Gasteiger partial charge in [0.2, 0.25) is 0 Å². The Kier molecular flexibility index (Phi) is 3.40. The van der Waals surface area contributed by atoms with Crippen LogP contribution in [-0.2, 0) is 5.54 Å². The first-order chi connectivity index (χ1) is 12.7. The predicted molar refractivity (Wildman–Crippen MR) is 104 cm³/mol. The molecule has 1 aliphatic carbocycles. The second-order valence-corrected chi connectivity index (χ2v) is 7.09.